The topological polar surface area (TPSA) is 152 Å². The average Bonchev–Trinajstić information content (AvgIpc) is 1.16. The molecule has 12 aliphatic carbocycles. The summed E-state index contributed by atoms with van der Waals surface area (Å²) in [5.41, 5.74) is 4.80. The number of para-hydroxylation sites is 2. The Balaban J connectivity index is 0.000000130. The number of anilines is 2. The van der Waals surface area contributed by atoms with E-state index in [9.17, 15) is 18.9 Å². The highest BCUT2D eigenvalue weighted by molar-refractivity contribution is 7.52. The molecule has 0 spiro atoms. The van der Waals surface area contributed by atoms with E-state index in [-0.39, 0.29) is 11.7 Å². The molecular formula is C76H124N4O8P2. The lowest BCUT2D eigenvalue weighted by molar-refractivity contribution is -0.110. The van der Waals surface area contributed by atoms with Crippen LogP contribution in [0.2, 0.25) is 0 Å². The fraction of sp³-hybridized carbons (Fsp3) is 0.789. The summed E-state index contributed by atoms with van der Waals surface area (Å²) < 4.78 is 45.9. The number of aromatic nitrogens is 2. The minimum atomic E-state index is -3.31. The third-order valence-electron chi connectivity index (χ3n) is 19.8. The Morgan fingerprint density at radius 3 is 1.17 bits per heavy atom. The highest BCUT2D eigenvalue weighted by Gasteiger charge is 2.55. The van der Waals surface area contributed by atoms with E-state index in [1.807, 2.05) is 48.7 Å². The predicted molar refractivity (Wildman–Crippen MR) is 372 cm³/mol. The number of fused-ring (bicyclic) bond motifs is 1. The van der Waals surface area contributed by atoms with Crippen LogP contribution in [0.4, 0.5) is 12.0 Å². The van der Waals surface area contributed by atoms with Gasteiger partial charge >= 0.3 is 15.2 Å². The van der Waals surface area contributed by atoms with Crippen molar-refractivity contribution < 1.29 is 36.8 Å². The van der Waals surface area contributed by atoms with Gasteiger partial charge in [-0.2, -0.15) is 4.98 Å². The number of oxazole rings is 2. The van der Waals surface area contributed by atoms with Gasteiger partial charge < -0.3 is 37.5 Å². The van der Waals surface area contributed by atoms with E-state index < -0.39 is 15.2 Å². The SMILES string of the molecule is CC(C)(C)C.CC(C)(C)C.CC(C)(C)C.CC(C)(C)C.CP(=O)(O)OC12CC3CC(CC(C3)C1)C2.CP(=O)(O)OC1C2CC3CC(C2)CC1C3.c1ccc(-c2cnc(N3C4CC5CC(C4)CC3C5)o2)cc1.c1ccc2oc(N3C4CC5CC(C4)CC3C5)nc2c1. The van der Waals surface area contributed by atoms with E-state index in [2.05, 4.69) is 138 Å². The van der Waals surface area contributed by atoms with E-state index in [4.69, 9.17) is 22.9 Å². The summed E-state index contributed by atoms with van der Waals surface area (Å²) in [6.07, 6.45) is 29.1. The van der Waals surface area contributed by atoms with Crippen molar-refractivity contribution >= 4 is 38.3 Å². The highest BCUT2D eigenvalue weighted by atomic mass is 31.2. The summed E-state index contributed by atoms with van der Waals surface area (Å²) in [6.45, 7) is 37.6. The molecule has 16 fully saturated rings. The lowest BCUT2D eigenvalue weighted by atomic mass is 9.54. The summed E-state index contributed by atoms with van der Waals surface area (Å²) in [7, 11) is -6.61. The van der Waals surface area contributed by atoms with Crippen LogP contribution in [0, 0.1) is 86.8 Å². The van der Waals surface area contributed by atoms with Crippen LogP contribution in [0.5, 0.6) is 0 Å². The van der Waals surface area contributed by atoms with Gasteiger partial charge in [0.25, 0.3) is 12.0 Å². The molecule has 20 rings (SSSR count). The van der Waals surface area contributed by atoms with Crippen LogP contribution in [0.3, 0.4) is 0 Å². The summed E-state index contributed by atoms with van der Waals surface area (Å²) in [4.78, 5) is 33.1. The zero-order valence-electron chi connectivity index (χ0n) is 59.4. The minimum Gasteiger partial charge on any atom is -0.423 e. The van der Waals surface area contributed by atoms with E-state index in [0.29, 0.717) is 57.7 Å². The third-order valence-corrected chi connectivity index (χ3v) is 21.2. The molecule has 2 N–H and O–H groups in total. The maximum Gasteiger partial charge on any atom is 0.325 e. The van der Waals surface area contributed by atoms with E-state index >= 15 is 0 Å². The number of benzene rings is 2. The molecule has 16 aliphatic rings. The maximum atomic E-state index is 11.4. The Morgan fingerprint density at radius 2 is 0.800 bits per heavy atom. The zero-order chi connectivity index (χ0) is 65.5. The second-order valence-electron chi connectivity index (χ2n) is 37.4. The number of rotatable bonds is 7. The average molecular weight is 1280 g/mol. The quantitative estimate of drug-likeness (QED) is 0.169. The lowest BCUT2D eigenvalue weighted by Crippen LogP contribution is -2.58. The van der Waals surface area contributed by atoms with E-state index in [0.717, 1.165) is 107 Å². The molecule has 4 saturated heterocycles. The third kappa shape index (κ3) is 21.5. The molecule has 4 aromatic rings. The smallest absolute Gasteiger partial charge is 0.325 e. The van der Waals surface area contributed by atoms with Crippen molar-refractivity contribution in [3.63, 3.8) is 0 Å². The van der Waals surface area contributed by atoms with Crippen LogP contribution in [0.25, 0.3) is 22.4 Å². The van der Waals surface area contributed by atoms with Gasteiger partial charge in [-0.25, -0.2) is 4.98 Å². The van der Waals surface area contributed by atoms with Gasteiger partial charge in [-0.05, 0) is 234 Å². The monoisotopic (exact) mass is 1280 g/mol. The molecule has 90 heavy (non-hydrogen) atoms. The van der Waals surface area contributed by atoms with Gasteiger partial charge in [-0.15, -0.1) is 0 Å². The van der Waals surface area contributed by atoms with Crippen LogP contribution in [0.15, 0.2) is 69.6 Å². The van der Waals surface area contributed by atoms with Crippen LogP contribution in [-0.4, -0.2) is 69.0 Å². The first kappa shape index (κ1) is 71.3. The number of hydrogen-bond donors (Lipinski definition) is 2. The van der Waals surface area contributed by atoms with Gasteiger partial charge in [-0.3, -0.25) is 9.13 Å². The second-order valence-corrected chi connectivity index (χ2v) is 41.0. The number of nitrogens with zero attached hydrogens (tertiary/aromatic N) is 4. The van der Waals surface area contributed by atoms with Crippen LogP contribution in [-0.2, 0) is 18.2 Å². The Kier molecular flexibility index (Phi) is 22.5. The van der Waals surface area contributed by atoms with Crippen molar-refractivity contribution in [3.05, 3.63) is 60.8 Å². The summed E-state index contributed by atoms with van der Waals surface area (Å²) >= 11 is 0. The van der Waals surface area contributed by atoms with Gasteiger partial charge in [0.2, 0.25) is 0 Å². The van der Waals surface area contributed by atoms with Crippen molar-refractivity contribution in [2.75, 3.05) is 23.1 Å². The first-order valence-electron chi connectivity index (χ1n) is 35.6. The molecular weight excluding hydrogens is 1160 g/mol. The first-order chi connectivity index (χ1) is 41.7. The van der Waals surface area contributed by atoms with Crippen molar-refractivity contribution in [2.24, 2.45) is 86.8 Å². The molecule has 2 aromatic carbocycles. The largest absolute Gasteiger partial charge is 0.423 e. The number of hydrogen-bond acceptors (Lipinski definition) is 10. The van der Waals surface area contributed by atoms with Crippen molar-refractivity contribution in [1.29, 1.82) is 0 Å². The Morgan fingerprint density at radius 1 is 0.456 bits per heavy atom. The van der Waals surface area contributed by atoms with Crippen LogP contribution < -0.4 is 9.80 Å². The fourth-order valence-corrected chi connectivity index (χ4v) is 20.3. The van der Waals surface area contributed by atoms with Gasteiger partial charge in [0.05, 0.1) is 17.9 Å². The second kappa shape index (κ2) is 28.4. The lowest BCUT2D eigenvalue weighted by Gasteiger charge is -2.56. The molecule has 0 amide bonds. The molecule has 2 unspecified atom stereocenters. The summed E-state index contributed by atoms with van der Waals surface area (Å²) in [6, 6.07) is 22.8. The van der Waals surface area contributed by atoms with E-state index in [1.165, 1.54) is 129 Å². The Hall–Kier alpha value is -2.98. The normalized spacial score (nSPS) is 35.4. The van der Waals surface area contributed by atoms with Gasteiger partial charge in [-0.1, -0.05) is 153 Å². The number of piperidine rings is 4. The highest BCUT2D eigenvalue weighted by Crippen LogP contribution is 2.62. The molecule has 506 valence electrons. The standard InChI is InChI=1S/C18H20N2O.C16H18N2O.2C11H19O3P.4C5H12/c1-2-4-14(5-3-1)17-11-19-18(21-17)20-15-7-12-6-13(9-15)10-16(20)8-12;1-2-4-15-14(3-1)17-16(19-15)18-12-6-10-5-11(8-12)9-13(18)7-10;1-15(12,13)14-11-5-8-2-9(6-11)4-10(3-8)7-11;1-15(12,13)14-11-9-3-7-2-8(5-9)6-10(11)4-7;4*1-5(2,3)4/h1-5,11-13,15-16H,6-10H2;1-4,10-13H,5-9H2;8-10H,2-7H2,1H3,(H,12,13);7-11H,2-6H2,1H3,(H,12,13);4*1-4H3. The molecule has 14 heteroatoms. The molecule has 2 aromatic heterocycles. The van der Waals surface area contributed by atoms with E-state index in [1.54, 1.807) is 0 Å². The zero-order valence-corrected chi connectivity index (χ0v) is 61.2. The molecule has 2 atom stereocenters. The predicted octanol–water partition coefficient (Wildman–Crippen LogP) is 21.3. The Bertz CT molecular complexity index is 2780. The minimum absolute atomic E-state index is 0.0821. The first-order valence-corrected chi connectivity index (χ1v) is 39.7. The van der Waals surface area contributed by atoms with Crippen molar-refractivity contribution in [2.45, 2.75) is 281 Å². The molecule has 6 heterocycles. The molecule has 16 bridgehead atoms. The molecule has 12 saturated carbocycles. The molecule has 12 nitrogen and oxygen atoms in total. The van der Waals surface area contributed by atoms with Crippen molar-refractivity contribution in [3.8, 4) is 11.3 Å². The molecule has 4 aliphatic heterocycles. The van der Waals surface area contributed by atoms with Crippen LogP contribution >= 0.6 is 15.2 Å². The maximum absolute atomic E-state index is 11.4. The molecule has 0 radical (unpaired) electrons. The Labute approximate surface area is 545 Å². The van der Waals surface area contributed by atoms with Gasteiger partial charge in [0.15, 0.2) is 11.3 Å². The fourth-order valence-electron chi connectivity index (χ4n) is 18.6. The summed E-state index contributed by atoms with van der Waals surface area (Å²) in [5.74, 6) is 9.99. The summed E-state index contributed by atoms with van der Waals surface area (Å²) in [5, 5.41) is 0. The van der Waals surface area contributed by atoms with Crippen LogP contribution in [0.1, 0.15) is 246 Å². The van der Waals surface area contributed by atoms with Gasteiger partial charge in [0, 0.05) is 43.1 Å². The van der Waals surface area contributed by atoms with Gasteiger partial charge in [0.1, 0.15) is 5.52 Å². The van der Waals surface area contributed by atoms with Crippen molar-refractivity contribution in [1.82, 2.24) is 9.97 Å².